The Balaban J connectivity index is 1.91. The Morgan fingerprint density at radius 2 is 2.11 bits per heavy atom. The molecule has 5 heteroatoms. The number of hydrogen-bond donors (Lipinski definition) is 2. The second-order valence-corrected chi connectivity index (χ2v) is 6.58. The maximum atomic E-state index is 11.9. The summed E-state index contributed by atoms with van der Waals surface area (Å²) in [5.41, 5.74) is 1.37. The molecule has 18 heavy (non-hydrogen) atoms. The molecule has 2 aliphatic rings. The summed E-state index contributed by atoms with van der Waals surface area (Å²) in [4.78, 5) is 0.0513. The molecular formula is C13H15NO3S. The zero-order chi connectivity index (χ0) is 12.8. The van der Waals surface area contributed by atoms with Gasteiger partial charge in [-0.2, -0.15) is 0 Å². The van der Waals surface area contributed by atoms with Gasteiger partial charge in [0.2, 0.25) is 9.84 Å². The van der Waals surface area contributed by atoms with Gasteiger partial charge in [0.05, 0.1) is 0 Å². The van der Waals surface area contributed by atoms with E-state index >= 15 is 0 Å². The minimum atomic E-state index is -3.47. The first-order valence-corrected chi connectivity index (χ1v) is 7.64. The Kier molecular flexibility index (Phi) is 2.68. The fourth-order valence-electron chi connectivity index (χ4n) is 2.39. The molecule has 2 N–H and O–H groups in total. The van der Waals surface area contributed by atoms with Crippen LogP contribution < -0.4 is 5.32 Å². The van der Waals surface area contributed by atoms with Crippen LogP contribution in [0.4, 0.5) is 0 Å². The van der Waals surface area contributed by atoms with Crippen molar-refractivity contribution in [3.8, 4) is 5.75 Å². The summed E-state index contributed by atoms with van der Waals surface area (Å²) in [6.45, 7) is 0.542. The highest BCUT2D eigenvalue weighted by Gasteiger charge is 2.30. The Hall–Kier alpha value is -1.33. The van der Waals surface area contributed by atoms with E-state index in [9.17, 15) is 13.5 Å². The van der Waals surface area contributed by atoms with Crippen LogP contribution in [0.3, 0.4) is 0 Å². The van der Waals surface area contributed by atoms with Crippen LogP contribution in [0, 0.1) is 0 Å². The topological polar surface area (TPSA) is 66.4 Å². The van der Waals surface area contributed by atoms with Crippen molar-refractivity contribution in [3.63, 3.8) is 0 Å². The highest BCUT2D eigenvalue weighted by Crippen LogP contribution is 2.38. The van der Waals surface area contributed by atoms with Gasteiger partial charge in [0.1, 0.15) is 10.6 Å². The first kappa shape index (κ1) is 11.7. The number of aromatic hydroxyl groups is 1. The number of sulfone groups is 1. The van der Waals surface area contributed by atoms with Crippen LogP contribution in [0.15, 0.2) is 28.5 Å². The summed E-state index contributed by atoms with van der Waals surface area (Å²) in [5.74, 6) is -0.164. The fraction of sp³-hybridized carbons (Fsp3) is 0.385. The predicted octanol–water partition coefficient (Wildman–Crippen LogP) is 1.66. The lowest BCUT2D eigenvalue weighted by molar-refractivity contribution is 0.353. The Bertz CT molecular complexity index is 615. The predicted molar refractivity (Wildman–Crippen MR) is 68.9 cm³/mol. The van der Waals surface area contributed by atoms with Crippen molar-refractivity contribution in [2.45, 2.75) is 30.2 Å². The average Bonchev–Trinajstić information content (AvgIpc) is 2.50. The molecule has 1 aliphatic carbocycles. The molecule has 96 valence electrons. The molecule has 1 saturated carbocycles. The van der Waals surface area contributed by atoms with Gasteiger partial charge in [-0.1, -0.05) is 18.6 Å². The molecule has 0 spiro atoms. The monoisotopic (exact) mass is 265 g/mol. The van der Waals surface area contributed by atoms with Crippen LogP contribution in [-0.4, -0.2) is 26.1 Å². The lowest BCUT2D eigenvalue weighted by atomic mass is 9.93. The third kappa shape index (κ3) is 1.83. The number of rotatable bonds is 3. The standard InChI is InChI=1S/C13H15NO3S/c15-12-6-2-5-11-9(7-14-10-3-1-4-10)8-18(16,17)13(11)12/h2,5-6,8,10,14-15H,1,3-4,7H2. The molecule has 1 fully saturated rings. The number of phenolic OH excluding ortho intramolecular Hbond substituents is 1. The van der Waals surface area contributed by atoms with Gasteiger partial charge in [-0.05, 0) is 24.5 Å². The van der Waals surface area contributed by atoms with Gasteiger partial charge in [-0.15, -0.1) is 0 Å². The summed E-state index contributed by atoms with van der Waals surface area (Å²) in [7, 11) is -3.47. The Morgan fingerprint density at radius 1 is 1.33 bits per heavy atom. The minimum absolute atomic E-state index is 0.0513. The van der Waals surface area contributed by atoms with Crippen LogP contribution in [0.5, 0.6) is 5.75 Å². The summed E-state index contributed by atoms with van der Waals surface area (Å²) in [5, 5.41) is 14.3. The summed E-state index contributed by atoms with van der Waals surface area (Å²) < 4.78 is 23.9. The smallest absolute Gasteiger partial charge is 0.204 e. The van der Waals surface area contributed by atoms with Crippen molar-refractivity contribution in [2.75, 3.05) is 6.54 Å². The lowest BCUT2D eigenvalue weighted by Gasteiger charge is -2.26. The van der Waals surface area contributed by atoms with E-state index in [1.807, 2.05) is 0 Å². The number of nitrogens with one attached hydrogen (secondary N) is 1. The molecule has 1 aliphatic heterocycles. The van der Waals surface area contributed by atoms with Crippen molar-refractivity contribution in [1.29, 1.82) is 0 Å². The second-order valence-electron chi connectivity index (χ2n) is 4.85. The quantitative estimate of drug-likeness (QED) is 0.872. The van der Waals surface area contributed by atoms with Gasteiger partial charge < -0.3 is 10.4 Å². The number of phenols is 1. The van der Waals surface area contributed by atoms with E-state index in [2.05, 4.69) is 5.32 Å². The normalized spacial score (nSPS) is 21.2. The zero-order valence-corrected chi connectivity index (χ0v) is 10.7. The fourth-order valence-corrected chi connectivity index (χ4v) is 3.96. The van der Waals surface area contributed by atoms with Crippen LogP contribution in [0.1, 0.15) is 24.8 Å². The van der Waals surface area contributed by atoms with E-state index in [0.29, 0.717) is 18.2 Å². The zero-order valence-electron chi connectivity index (χ0n) is 9.89. The molecule has 0 radical (unpaired) electrons. The van der Waals surface area contributed by atoms with E-state index in [-0.39, 0.29) is 10.6 Å². The molecule has 0 amide bonds. The van der Waals surface area contributed by atoms with E-state index in [0.717, 1.165) is 18.4 Å². The molecule has 3 rings (SSSR count). The first-order chi connectivity index (χ1) is 8.58. The Labute approximate surface area is 106 Å². The minimum Gasteiger partial charge on any atom is -0.507 e. The highest BCUT2D eigenvalue weighted by molar-refractivity contribution is 7.95. The molecule has 0 atom stereocenters. The molecule has 0 unspecified atom stereocenters. The number of fused-ring (bicyclic) bond motifs is 1. The molecule has 1 aromatic carbocycles. The first-order valence-electron chi connectivity index (χ1n) is 6.09. The number of benzene rings is 1. The Morgan fingerprint density at radius 3 is 2.78 bits per heavy atom. The van der Waals surface area contributed by atoms with Gasteiger partial charge in [-0.25, -0.2) is 8.42 Å². The van der Waals surface area contributed by atoms with Crippen LogP contribution in [-0.2, 0) is 9.84 Å². The van der Waals surface area contributed by atoms with Crippen molar-refractivity contribution in [3.05, 3.63) is 29.2 Å². The lowest BCUT2D eigenvalue weighted by Crippen LogP contribution is -2.35. The van der Waals surface area contributed by atoms with Gasteiger partial charge in [0.15, 0.2) is 0 Å². The molecular weight excluding hydrogens is 250 g/mol. The molecule has 0 bridgehead atoms. The van der Waals surface area contributed by atoms with Gasteiger partial charge in [0.25, 0.3) is 0 Å². The van der Waals surface area contributed by atoms with E-state index in [1.54, 1.807) is 12.1 Å². The summed E-state index contributed by atoms with van der Waals surface area (Å²) in [6, 6.07) is 5.34. The van der Waals surface area contributed by atoms with Crippen LogP contribution in [0.25, 0.3) is 5.57 Å². The van der Waals surface area contributed by atoms with E-state index < -0.39 is 9.84 Å². The van der Waals surface area contributed by atoms with Crippen LogP contribution in [0.2, 0.25) is 0 Å². The second kappa shape index (κ2) is 4.10. The van der Waals surface area contributed by atoms with Gasteiger partial charge in [0, 0.05) is 23.6 Å². The summed E-state index contributed by atoms with van der Waals surface area (Å²) >= 11 is 0. The maximum absolute atomic E-state index is 11.9. The van der Waals surface area contributed by atoms with Crippen molar-refractivity contribution in [2.24, 2.45) is 0 Å². The van der Waals surface area contributed by atoms with Gasteiger partial charge in [-0.3, -0.25) is 0 Å². The van der Waals surface area contributed by atoms with Crippen molar-refractivity contribution in [1.82, 2.24) is 5.32 Å². The van der Waals surface area contributed by atoms with E-state index in [4.69, 9.17) is 0 Å². The largest absolute Gasteiger partial charge is 0.507 e. The number of hydrogen-bond acceptors (Lipinski definition) is 4. The summed E-state index contributed by atoms with van der Waals surface area (Å²) in [6.07, 6.45) is 3.56. The molecule has 1 aromatic rings. The maximum Gasteiger partial charge on any atom is 0.204 e. The molecule has 0 aromatic heterocycles. The average molecular weight is 265 g/mol. The SMILES string of the molecule is O=S1(=O)C=C(CNC2CCC2)c2cccc(O)c21. The van der Waals surface area contributed by atoms with Gasteiger partial charge >= 0.3 is 0 Å². The van der Waals surface area contributed by atoms with Crippen molar-refractivity contribution < 1.29 is 13.5 Å². The van der Waals surface area contributed by atoms with E-state index in [1.165, 1.54) is 17.9 Å². The third-order valence-electron chi connectivity index (χ3n) is 3.61. The van der Waals surface area contributed by atoms with Crippen LogP contribution >= 0.6 is 0 Å². The van der Waals surface area contributed by atoms with Crippen molar-refractivity contribution >= 4 is 15.4 Å². The molecule has 4 nitrogen and oxygen atoms in total. The third-order valence-corrected chi connectivity index (χ3v) is 5.20. The molecule has 1 heterocycles. The highest BCUT2D eigenvalue weighted by atomic mass is 32.2. The molecule has 0 saturated heterocycles.